The molecular formula is C44H70O7. The summed E-state index contributed by atoms with van der Waals surface area (Å²) in [6.45, 7) is 22.0. The third-order valence-corrected chi connectivity index (χ3v) is 5.81. The first kappa shape index (κ1) is 58.8. The van der Waals surface area contributed by atoms with Gasteiger partial charge in [0.25, 0.3) is 0 Å². The van der Waals surface area contributed by atoms with E-state index >= 15 is 0 Å². The number of carbonyl (C=O) groups excluding carboxylic acids is 6. The van der Waals surface area contributed by atoms with Crippen molar-refractivity contribution >= 4 is 18.5 Å². The van der Waals surface area contributed by atoms with Crippen LogP contribution in [-0.4, -0.2) is 23.6 Å². The third-order valence-electron chi connectivity index (χ3n) is 5.81. The highest BCUT2D eigenvalue weighted by Gasteiger charge is 1.89. The van der Waals surface area contributed by atoms with Crippen LogP contribution in [0.3, 0.4) is 0 Å². The number of rotatable bonds is 10. The maximum atomic E-state index is 8.92. The van der Waals surface area contributed by atoms with Crippen molar-refractivity contribution in [2.24, 2.45) is 5.92 Å². The molecule has 0 aromatic heterocycles. The summed E-state index contributed by atoms with van der Waals surface area (Å²) in [6, 6.07) is 28.5. The predicted molar refractivity (Wildman–Crippen MR) is 209 cm³/mol. The molecule has 0 fully saturated rings. The van der Waals surface area contributed by atoms with Gasteiger partial charge in [-0.2, -0.15) is 28.8 Å². The molecule has 0 aliphatic rings. The Morgan fingerprint density at radius 2 is 0.725 bits per heavy atom. The number of aryl methyl sites for hydroxylation is 3. The zero-order valence-corrected chi connectivity index (χ0v) is 33.5. The van der Waals surface area contributed by atoms with E-state index in [2.05, 4.69) is 130 Å². The van der Waals surface area contributed by atoms with E-state index in [9.17, 15) is 0 Å². The Labute approximate surface area is 311 Å². The van der Waals surface area contributed by atoms with Gasteiger partial charge < -0.3 is 5.11 Å². The van der Waals surface area contributed by atoms with Crippen LogP contribution >= 0.6 is 0 Å². The number of aromatic hydroxyl groups is 1. The topological polar surface area (TPSA) is 123 Å². The standard InChI is InChI=1S/C9H12O.2C9H12.C6H14.C5H12.C3H8.3CO2/c1-2-3-8-4-6-9(10)7-5-8;2*1-2-6-9-7-4-3-5-8-9;1-4-5-6(2)3;1-3-5-4-2;1-3-2;3*2-1-3/h4-7,10H,2-3H2,1H3;2*3-5,7-8H,2,6H2,1H3;6H,4-5H2,1-3H3;3-5H2,1-2H3;3H2,1-2H3;;;. The number of phenolic OH excluding ortho intramolecular Hbond substituents is 1. The molecule has 0 unspecified atom stereocenters. The first-order valence-electron chi connectivity index (χ1n) is 18.4. The fraction of sp³-hybridized carbons (Fsp3) is 0.523. The van der Waals surface area contributed by atoms with Gasteiger partial charge in [-0.15, -0.1) is 0 Å². The summed E-state index contributed by atoms with van der Waals surface area (Å²) in [6.07, 6.45) is 15.9. The molecule has 0 aliphatic carbocycles. The first-order chi connectivity index (χ1) is 24.5. The van der Waals surface area contributed by atoms with Crippen LogP contribution < -0.4 is 0 Å². The highest BCUT2D eigenvalue weighted by Crippen LogP contribution is 2.10. The van der Waals surface area contributed by atoms with E-state index in [-0.39, 0.29) is 18.5 Å². The fourth-order valence-electron chi connectivity index (χ4n) is 3.75. The van der Waals surface area contributed by atoms with Crippen molar-refractivity contribution in [3.63, 3.8) is 0 Å². The van der Waals surface area contributed by atoms with Gasteiger partial charge in [0.05, 0.1) is 0 Å². The Balaban J connectivity index is -0.000000117. The Morgan fingerprint density at radius 1 is 0.451 bits per heavy atom. The Hall–Kier alpha value is -4.40. The summed E-state index contributed by atoms with van der Waals surface area (Å²) in [5.41, 5.74) is 4.18. The van der Waals surface area contributed by atoms with E-state index in [1.165, 1.54) is 80.9 Å². The van der Waals surface area contributed by atoms with Gasteiger partial charge >= 0.3 is 18.5 Å². The molecule has 7 heteroatoms. The quantitative estimate of drug-likeness (QED) is 0.222. The molecule has 0 aliphatic heterocycles. The summed E-state index contributed by atoms with van der Waals surface area (Å²) < 4.78 is 0. The van der Waals surface area contributed by atoms with Crippen LogP contribution in [0.15, 0.2) is 84.9 Å². The number of phenols is 1. The lowest BCUT2D eigenvalue weighted by atomic mass is 10.1. The molecule has 7 nitrogen and oxygen atoms in total. The number of benzene rings is 3. The SMILES string of the molecule is CCC.CCCC(C)C.CCCCC.CCCc1ccc(O)cc1.CCCc1ccccc1.CCCc1ccccc1.O=C=O.O=C=O.O=C=O. The van der Waals surface area contributed by atoms with Crippen LogP contribution in [-0.2, 0) is 48.0 Å². The van der Waals surface area contributed by atoms with Gasteiger partial charge in [0.1, 0.15) is 5.75 Å². The van der Waals surface area contributed by atoms with Gasteiger partial charge in [0, 0.05) is 0 Å². The second-order valence-electron chi connectivity index (χ2n) is 11.4. The van der Waals surface area contributed by atoms with Crippen LogP contribution in [0, 0.1) is 5.92 Å². The van der Waals surface area contributed by atoms with Gasteiger partial charge in [-0.3, -0.25) is 0 Å². The van der Waals surface area contributed by atoms with Gasteiger partial charge in [0.15, 0.2) is 0 Å². The molecule has 0 spiro atoms. The summed E-state index contributed by atoms with van der Waals surface area (Å²) in [5.74, 6) is 1.25. The molecule has 3 rings (SSSR count). The van der Waals surface area contributed by atoms with Gasteiger partial charge in [-0.05, 0) is 54.0 Å². The van der Waals surface area contributed by atoms with E-state index in [0.717, 1.165) is 18.8 Å². The minimum absolute atomic E-state index is 0.250. The van der Waals surface area contributed by atoms with E-state index in [0.29, 0.717) is 5.75 Å². The molecule has 0 amide bonds. The van der Waals surface area contributed by atoms with Crippen molar-refractivity contribution in [2.75, 3.05) is 0 Å². The van der Waals surface area contributed by atoms with Gasteiger partial charge in [0.2, 0.25) is 0 Å². The molecule has 0 bridgehead atoms. The number of unbranched alkanes of at least 4 members (excludes halogenated alkanes) is 2. The zero-order valence-electron chi connectivity index (χ0n) is 33.5. The van der Waals surface area contributed by atoms with Gasteiger partial charge in [-0.25, -0.2) is 0 Å². The van der Waals surface area contributed by atoms with Crippen LogP contribution in [0.5, 0.6) is 5.75 Å². The van der Waals surface area contributed by atoms with Crippen molar-refractivity contribution in [3.8, 4) is 5.75 Å². The number of hydrogen-bond acceptors (Lipinski definition) is 7. The highest BCUT2D eigenvalue weighted by atomic mass is 16.3. The lowest BCUT2D eigenvalue weighted by Gasteiger charge is -1.96. The van der Waals surface area contributed by atoms with Crippen LogP contribution in [0.4, 0.5) is 0 Å². The van der Waals surface area contributed by atoms with Crippen LogP contribution in [0.2, 0.25) is 0 Å². The number of hydrogen-bond donors (Lipinski definition) is 1. The molecule has 0 radical (unpaired) electrons. The van der Waals surface area contributed by atoms with Crippen molar-refractivity contribution in [1.29, 1.82) is 0 Å². The molecule has 51 heavy (non-hydrogen) atoms. The lowest BCUT2D eigenvalue weighted by molar-refractivity contribution is -0.193. The average Bonchev–Trinajstić information content (AvgIpc) is 3.10. The molecule has 1 N–H and O–H groups in total. The van der Waals surface area contributed by atoms with E-state index in [4.69, 9.17) is 33.9 Å². The minimum atomic E-state index is 0.250. The summed E-state index contributed by atoms with van der Waals surface area (Å²) in [4.78, 5) is 48.8. The summed E-state index contributed by atoms with van der Waals surface area (Å²) in [7, 11) is 0. The second kappa shape index (κ2) is 57.8. The van der Waals surface area contributed by atoms with Crippen LogP contribution in [0.1, 0.15) is 144 Å². The molecule has 0 atom stereocenters. The lowest BCUT2D eigenvalue weighted by Crippen LogP contribution is -1.81. The zero-order chi connectivity index (χ0) is 40.4. The van der Waals surface area contributed by atoms with E-state index < -0.39 is 0 Å². The van der Waals surface area contributed by atoms with Crippen molar-refractivity contribution in [2.45, 2.75) is 146 Å². The predicted octanol–water partition coefficient (Wildman–Crippen LogP) is 11.9. The average molecular weight is 711 g/mol. The van der Waals surface area contributed by atoms with Gasteiger partial charge in [-0.1, -0.05) is 200 Å². The maximum absolute atomic E-state index is 8.92. The molecule has 3 aromatic rings. The Bertz CT molecular complexity index is 1040. The Morgan fingerprint density at radius 3 is 0.902 bits per heavy atom. The van der Waals surface area contributed by atoms with Crippen molar-refractivity contribution in [3.05, 3.63) is 102 Å². The smallest absolute Gasteiger partial charge is 0.373 e. The molecule has 0 saturated carbocycles. The summed E-state index contributed by atoms with van der Waals surface area (Å²) >= 11 is 0. The largest absolute Gasteiger partial charge is 0.508 e. The molecular weight excluding hydrogens is 640 g/mol. The molecule has 288 valence electrons. The second-order valence-corrected chi connectivity index (χ2v) is 11.4. The third kappa shape index (κ3) is 68.4. The first-order valence-corrected chi connectivity index (χ1v) is 18.4. The maximum Gasteiger partial charge on any atom is 0.373 e. The van der Waals surface area contributed by atoms with Crippen LogP contribution in [0.25, 0.3) is 0 Å². The summed E-state index contributed by atoms with van der Waals surface area (Å²) in [5, 5.41) is 8.92. The Kier molecular flexibility index (Phi) is 66.7. The van der Waals surface area contributed by atoms with E-state index in [1.807, 2.05) is 12.1 Å². The van der Waals surface area contributed by atoms with Crippen molar-refractivity contribution < 1.29 is 33.9 Å². The fourth-order valence-corrected chi connectivity index (χ4v) is 3.75. The van der Waals surface area contributed by atoms with E-state index in [1.54, 1.807) is 12.1 Å². The monoisotopic (exact) mass is 711 g/mol. The highest BCUT2D eigenvalue weighted by molar-refractivity contribution is 5.25. The van der Waals surface area contributed by atoms with Crippen molar-refractivity contribution in [1.82, 2.24) is 0 Å². The molecule has 0 saturated heterocycles. The molecule has 0 heterocycles. The molecule has 3 aromatic carbocycles. The normalized spacial score (nSPS) is 8.06. The minimum Gasteiger partial charge on any atom is -0.508 e.